The topological polar surface area (TPSA) is 40.6 Å². The van der Waals surface area contributed by atoms with E-state index in [0.717, 1.165) is 31.7 Å². The first-order valence-corrected chi connectivity index (χ1v) is 6.59. The Labute approximate surface area is 102 Å². The number of fused-ring (bicyclic) bond motifs is 1. The molecule has 17 heavy (non-hydrogen) atoms. The van der Waals surface area contributed by atoms with Crippen LogP contribution in [0.4, 0.5) is 0 Å². The molecule has 94 valence electrons. The summed E-state index contributed by atoms with van der Waals surface area (Å²) in [5.74, 6) is 0.840. The molecule has 2 atom stereocenters. The van der Waals surface area contributed by atoms with Crippen molar-refractivity contribution >= 4 is 11.8 Å². The lowest BCUT2D eigenvalue weighted by atomic mass is 9.89. The Hall–Kier alpha value is -1.06. The summed E-state index contributed by atoms with van der Waals surface area (Å²) < 4.78 is 0. The third kappa shape index (κ3) is 1.42. The number of nitrogens with zero attached hydrogens (tertiary/aromatic N) is 2. The van der Waals surface area contributed by atoms with Crippen LogP contribution in [0.1, 0.15) is 32.1 Å². The van der Waals surface area contributed by atoms with Gasteiger partial charge in [0.05, 0.1) is 0 Å². The van der Waals surface area contributed by atoms with Gasteiger partial charge < -0.3 is 9.80 Å². The fourth-order valence-electron chi connectivity index (χ4n) is 3.47. The van der Waals surface area contributed by atoms with Crippen molar-refractivity contribution in [1.29, 1.82) is 0 Å². The zero-order valence-corrected chi connectivity index (χ0v) is 10.6. The summed E-state index contributed by atoms with van der Waals surface area (Å²) in [5.41, 5.74) is -0.670. The van der Waals surface area contributed by atoms with E-state index in [4.69, 9.17) is 0 Å². The molecule has 0 aromatic heterocycles. The van der Waals surface area contributed by atoms with Gasteiger partial charge in [-0.1, -0.05) is 6.42 Å². The Morgan fingerprint density at radius 1 is 1.24 bits per heavy atom. The summed E-state index contributed by atoms with van der Waals surface area (Å²) in [7, 11) is 3.48. The average molecular weight is 236 g/mol. The molecule has 4 heteroatoms. The highest BCUT2D eigenvalue weighted by Gasteiger charge is 2.61. The summed E-state index contributed by atoms with van der Waals surface area (Å²) >= 11 is 0. The van der Waals surface area contributed by atoms with Crippen molar-refractivity contribution < 1.29 is 9.59 Å². The largest absolute Gasteiger partial charge is 0.348 e. The normalized spacial score (nSPS) is 32.7. The van der Waals surface area contributed by atoms with Gasteiger partial charge in [0.2, 0.25) is 11.8 Å². The molecule has 1 saturated heterocycles. The van der Waals surface area contributed by atoms with Gasteiger partial charge in [0, 0.05) is 26.7 Å². The summed E-state index contributed by atoms with van der Waals surface area (Å²) in [6.45, 7) is 0.895. The zero-order chi connectivity index (χ0) is 12.2. The number of hydrogen-bond acceptors (Lipinski definition) is 2. The molecule has 1 aliphatic heterocycles. The van der Waals surface area contributed by atoms with E-state index in [0.29, 0.717) is 6.04 Å². The van der Waals surface area contributed by atoms with Crippen molar-refractivity contribution in [2.24, 2.45) is 11.3 Å². The first-order valence-electron chi connectivity index (χ1n) is 6.59. The Balaban J connectivity index is 1.73. The Morgan fingerprint density at radius 2 is 1.94 bits per heavy atom. The summed E-state index contributed by atoms with van der Waals surface area (Å²) in [4.78, 5) is 28.1. The van der Waals surface area contributed by atoms with Crippen LogP contribution in [-0.4, -0.2) is 48.3 Å². The minimum Gasteiger partial charge on any atom is -0.348 e. The molecule has 1 heterocycles. The molecule has 3 fully saturated rings. The quantitative estimate of drug-likeness (QED) is 0.667. The van der Waals surface area contributed by atoms with E-state index in [9.17, 15) is 9.59 Å². The number of carbonyl (C=O) groups excluding carboxylic acids is 2. The van der Waals surface area contributed by atoms with Gasteiger partial charge in [-0.2, -0.15) is 0 Å². The van der Waals surface area contributed by atoms with Crippen LogP contribution in [0.3, 0.4) is 0 Å². The maximum absolute atomic E-state index is 12.5. The van der Waals surface area contributed by atoms with Crippen LogP contribution in [0.15, 0.2) is 0 Å². The van der Waals surface area contributed by atoms with Crippen LogP contribution >= 0.6 is 0 Å². The number of carbonyl (C=O) groups is 2. The number of hydrogen-bond donors (Lipinski definition) is 0. The second-order valence-electron chi connectivity index (χ2n) is 6.00. The number of likely N-dealkylation sites (tertiary alicyclic amines) is 1. The molecular formula is C13H20N2O2. The van der Waals surface area contributed by atoms with Crippen molar-refractivity contribution in [2.45, 2.75) is 38.1 Å². The lowest BCUT2D eigenvalue weighted by molar-refractivity contribution is -0.155. The second-order valence-corrected chi connectivity index (χ2v) is 6.00. The van der Waals surface area contributed by atoms with Gasteiger partial charge >= 0.3 is 0 Å². The van der Waals surface area contributed by atoms with Crippen molar-refractivity contribution in [3.63, 3.8) is 0 Å². The molecule has 3 aliphatic rings. The molecule has 3 rings (SSSR count). The highest BCUT2D eigenvalue weighted by Crippen LogP contribution is 2.51. The first-order chi connectivity index (χ1) is 8.06. The molecule has 2 unspecified atom stereocenters. The number of amides is 2. The van der Waals surface area contributed by atoms with E-state index < -0.39 is 5.41 Å². The molecule has 0 radical (unpaired) electrons. The van der Waals surface area contributed by atoms with Crippen molar-refractivity contribution in [3.05, 3.63) is 0 Å². The molecule has 0 aromatic carbocycles. The summed E-state index contributed by atoms with van der Waals surface area (Å²) in [6.07, 6.45) is 5.15. The van der Waals surface area contributed by atoms with Crippen LogP contribution in [-0.2, 0) is 9.59 Å². The summed E-state index contributed by atoms with van der Waals surface area (Å²) in [6, 6.07) is 0.454. The minimum absolute atomic E-state index is 0.00365. The Morgan fingerprint density at radius 3 is 2.47 bits per heavy atom. The van der Waals surface area contributed by atoms with Gasteiger partial charge in [0.15, 0.2) is 0 Å². The van der Waals surface area contributed by atoms with Gasteiger partial charge in [0.1, 0.15) is 5.41 Å². The SMILES string of the molecule is CN(C)C(=O)C1(C(=O)N2CC3CCCC32)CC1. The summed E-state index contributed by atoms with van der Waals surface area (Å²) in [5, 5.41) is 0. The van der Waals surface area contributed by atoms with Gasteiger partial charge in [-0.25, -0.2) is 0 Å². The maximum atomic E-state index is 12.5. The van der Waals surface area contributed by atoms with E-state index in [1.165, 1.54) is 12.8 Å². The van der Waals surface area contributed by atoms with E-state index >= 15 is 0 Å². The minimum atomic E-state index is -0.670. The molecule has 0 spiro atoms. The highest BCUT2D eigenvalue weighted by atomic mass is 16.2. The molecule has 0 bridgehead atoms. The zero-order valence-electron chi connectivity index (χ0n) is 10.6. The van der Waals surface area contributed by atoms with E-state index in [1.54, 1.807) is 19.0 Å². The standard InChI is InChI=1S/C13H20N2O2/c1-14(2)11(16)13(6-7-13)12(17)15-8-9-4-3-5-10(9)15/h9-10H,3-8H2,1-2H3. The molecule has 4 nitrogen and oxygen atoms in total. The van der Waals surface area contributed by atoms with E-state index in [1.807, 2.05) is 4.90 Å². The van der Waals surface area contributed by atoms with Crippen LogP contribution in [0, 0.1) is 11.3 Å². The molecule has 0 N–H and O–H groups in total. The van der Waals surface area contributed by atoms with Gasteiger partial charge in [-0.3, -0.25) is 9.59 Å². The van der Waals surface area contributed by atoms with Crippen molar-refractivity contribution in [2.75, 3.05) is 20.6 Å². The molecule has 2 amide bonds. The monoisotopic (exact) mass is 236 g/mol. The van der Waals surface area contributed by atoms with E-state index in [-0.39, 0.29) is 11.8 Å². The molecular weight excluding hydrogens is 216 g/mol. The van der Waals surface area contributed by atoms with E-state index in [2.05, 4.69) is 0 Å². The second kappa shape index (κ2) is 3.47. The Bertz CT molecular complexity index is 374. The predicted molar refractivity (Wildman–Crippen MR) is 63.2 cm³/mol. The van der Waals surface area contributed by atoms with Crippen molar-refractivity contribution in [1.82, 2.24) is 9.80 Å². The molecule has 0 aromatic rings. The van der Waals surface area contributed by atoms with Crippen LogP contribution in [0.2, 0.25) is 0 Å². The van der Waals surface area contributed by atoms with Crippen LogP contribution in [0.25, 0.3) is 0 Å². The van der Waals surface area contributed by atoms with Gasteiger partial charge in [0.25, 0.3) is 0 Å². The lowest BCUT2D eigenvalue weighted by Crippen LogP contribution is -2.59. The van der Waals surface area contributed by atoms with Gasteiger partial charge in [-0.05, 0) is 31.6 Å². The fourth-order valence-corrected chi connectivity index (χ4v) is 3.47. The van der Waals surface area contributed by atoms with Crippen LogP contribution in [0.5, 0.6) is 0 Å². The third-order valence-corrected chi connectivity index (χ3v) is 4.69. The first kappa shape index (κ1) is 11.1. The fraction of sp³-hybridized carbons (Fsp3) is 0.846. The number of rotatable bonds is 2. The predicted octanol–water partition coefficient (Wildman–Crippen LogP) is 0.866. The third-order valence-electron chi connectivity index (χ3n) is 4.69. The highest BCUT2D eigenvalue weighted by molar-refractivity contribution is 6.08. The maximum Gasteiger partial charge on any atom is 0.238 e. The van der Waals surface area contributed by atoms with Crippen LogP contribution < -0.4 is 0 Å². The van der Waals surface area contributed by atoms with Gasteiger partial charge in [-0.15, -0.1) is 0 Å². The average Bonchev–Trinajstić information content (AvgIpc) is 2.99. The lowest BCUT2D eigenvalue weighted by Gasteiger charge is -2.46. The molecule has 2 aliphatic carbocycles. The molecule has 2 saturated carbocycles. The smallest absolute Gasteiger partial charge is 0.238 e. The Kier molecular flexibility index (Phi) is 2.25. The van der Waals surface area contributed by atoms with Crippen molar-refractivity contribution in [3.8, 4) is 0 Å².